The standard InChI is InChI=1S/C16H19F6NO5S/c1-13(2,3)27-11(25)8-5-4-6-23(8)10(24)7-9-12(26)28-14(29-9,15(17,18)19)16(20,21)22/h8-9H,4-7H2,1-3H3/t8-,9?/m0/s1. The Hall–Kier alpha value is -1.66. The summed E-state index contributed by atoms with van der Waals surface area (Å²) >= 11 is -0.799. The Morgan fingerprint density at radius 3 is 2.17 bits per heavy atom. The molecule has 2 rings (SSSR count). The van der Waals surface area contributed by atoms with Gasteiger partial charge in [0.15, 0.2) is 0 Å². The lowest BCUT2D eigenvalue weighted by molar-refractivity contribution is -0.327. The zero-order valence-electron chi connectivity index (χ0n) is 15.6. The Balaban J connectivity index is 2.14. The molecule has 6 nitrogen and oxygen atoms in total. The number of alkyl halides is 6. The van der Waals surface area contributed by atoms with Crippen LogP contribution < -0.4 is 0 Å². The molecule has 0 aliphatic carbocycles. The van der Waals surface area contributed by atoms with Crippen molar-refractivity contribution in [2.45, 2.75) is 74.2 Å². The normalized spacial score (nSPS) is 25.1. The second-order valence-electron chi connectivity index (χ2n) is 7.62. The summed E-state index contributed by atoms with van der Waals surface area (Å²) in [6.45, 7) is 4.88. The molecular formula is C16H19F6NO5S. The quantitative estimate of drug-likeness (QED) is 0.485. The van der Waals surface area contributed by atoms with E-state index in [2.05, 4.69) is 4.74 Å². The van der Waals surface area contributed by atoms with Gasteiger partial charge in [0.25, 0.3) is 0 Å². The van der Waals surface area contributed by atoms with Crippen LogP contribution >= 0.6 is 11.8 Å². The summed E-state index contributed by atoms with van der Waals surface area (Å²) in [7, 11) is 0. The number of hydrogen-bond donors (Lipinski definition) is 0. The summed E-state index contributed by atoms with van der Waals surface area (Å²) in [5.41, 5.74) is -0.849. The molecule has 13 heteroatoms. The maximum atomic E-state index is 13.0. The molecule has 1 unspecified atom stereocenters. The number of hydrogen-bond acceptors (Lipinski definition) is 6. The first-order chi connectivity index (χ1) is 13.0. The van der Waals surface area contributed by atoms with Gasteiger partial charge in [-0.2, -0.15) is 26.3 Å². The molecule has 0 aromatic rings. The van der Waals surface area contributed by atoms with Gasteiger partial charge in [-0.25, -0.2) is 4.79 Å². The molecular weight excluding hydrogens is 432 g/mol. The SMILES string of the molecule is CC(C)(C)OC(=O)[C@@H]1CCCN1C(=O)CC1SC(C(F)(F)F)(C(F)(F)F)OC1=O. The average Bonchev–Trinajstić information content (AvgIpc) is 3.10. The molecule has 2 saturated heterocycles. The Morgan fingerprint density at radius 2 is 1.72 bits per heavy atom. The zero-order chi connectivity index (χ0) is 22.4. The number of carbonyl (C=O) groups excluding carboxylic acids is 3. The third-order valence-corrected chi connectivity index (χ3v) is 5.70. The number of esters is 2. The number of carbonyl (C=O) groups is 3. The number of thioether (sulfide) groups is 1. The fraction of sp³-hybridized carbons (Fsp3) is 0.812. The molecule has 0 aromatic carbocycles. The molecule has 2 fully saturated rings. The lowest BCUT2D eigenvalue weighted by atomic mass is 10.1. The molecule has 166 valence electrons. The number of cyclic esters (lactones) is 1. The highest BCUT2D eigenvalue weighted by Gasteiger charge is 2.79. The third kappa shape index (κ3) is 4.75. The predicted molar refractivity (Wildman–Crippen MR) is 87.5 cm³/mol. The number of likely N-dealkylation sites (tertiary alicyclic amines) is 1. The zero-order valence-corrected chi connectivity index (χ0v) is 16.5. The van der Waals surface area contributed by atoms with Gasteiger partial charge < -0.3 is 14.4 Å². The van der Waals surface area contributed by atoms with Gasteiger partial charge in [0.05, 0.1) is 0 Å². The van der Waals surface area contributed by atoms with Crippen LogP contribution in [0, 0.1) is 0 Å². The van der Waals surface area contributed by atoms with E-state index in [-0.39, 0.29) is 13.0 Å². The molecule has 2 atom stereocenters. The second kappa shape index (κ2) is 7.55. The van der Waals surface area contributed by atoms with E-state index < -0.39 is 70.2 Å². The largest absolute Gasteiger partial charge is 0.458 e. The highest BCUT2D eigenvalue weighted by Crippen LogP contribution is 2.58. The minimum absolute atomic E-state index is 0.0683. The van der Waals surface area contributed by atoms with Crippen molar-refractivity contribution in [1.82, 2.24) is 4.90 Å². The van der Waals surface area contributed by atoms with Crippen LogP contribution in [-0.2, 0) is 23.9 Å². The number of rotatable bonds is 3. The van der Waals surface area contributed by atoms with Crippen molar-refractivity contribution >= 4 is 29.6 Å². The smallest absolute Gasteiger partial charge is 0.448 e. The lowest BCUT2D eigenvalue weighted by Gasteiger charge is -2.30. The van der Waals surface area contributed by atoms with Gasteiger partial charge in [0.1, 0.15) is 16.9 Å². The number of nitrogens with zero attached hydrogens (tertiary/aromatic N) is 1. The molecule has 0 aromatic heterocycles. The van der Waals surface area contributed by atoms with Gasteiger partial charge in [0, 0.05) is 13.0 Å². The molecule has 2 aliphatic heterocycles. The van der Waals surface area contributed by atoms with E-state index in [0.29, 0.717) is 6.42 Å². The van der Waals surface area contributed by atoms with Gasteiger partial charge in [-0.1, -0.05) is 11.8 Å². The van der Waals surface area contributed by atoms with Crippen LogP contribution in [0.15, 0.2) is 0 Å². The fourth-order valence-electron chi connectivity index (χ4n) is 2.97. The molecule has 0 saturated carbocycles. The minimum atomic E-state index is -5.92. The van der Waals surface area contributed by atoms with E-state index in [4.69, 9.17) is 4.74 Å². The number of halogens is 6. The molecule has 1 amide bonds. The summed E-state index contributed by atoms with van der Waals surface area (Å²) < 4.78 is 87.2. The van der Waals surface area contributed by atoms with Crippen LogP contribution in [0.1, 0.15) is 40.0 Å². The van der Waals surface area contributed by atoms with E-state index in [9.17, 15) is 40.7 Å². The first kappa shape index (κ1) is 23.6. The minimum Gasteiger partial charge on any atom is -0.458 e. The number of ether oxygens (including phenoxy) is 2. The predicted octanol–water partition coefficient (Wildman–Crippen LogP) is 3.19. The third-order valence-electron chi connectivity index (χ3n) is 4.17. The van der Waals surface area contributed by atoms with Crippen LogP contribution in [0.2, 0.25) is 0 Å². The van der Waals surface area contributed by atoms with Crippen molar-refractivity contribution in [2.24, 2.45) is 0 Å². The van der Waals surface area contributed by atoms with Gasteiger partial charge in [-0.05, 0) is 33.6 Å². The summed E-state index contributed by atoms with van der Waals surface area (Å²) in [5, 5.41) is -2.01. The van der Waals surface area contributed by atoms with Crippen LogP contribution in [-0.4, -0.2) is 63.5 Å². The molecule has 0 bridgehead atoms. The summed E-state index contributed by atoms with van der Waals surface area (Å²) in [6.07, 6.45) is -12.2. The monoisotopic (exact) mass is 451 g/mol. The van der Waals surface area contributed by atoms with Crippen molar-refractivity contribution in [1.29, 1.82) is 0 Å². The van der Waals surface area contributed by atoms with Gasteiger partial charge in [-0.3, -0.25) is 9.59 Å². The first-order valence-electron chi connectivity index (χ1n) is 8.55. The average molecular weight is 451 g/mol. The van der Waals surface area contributed by atoms with E-state index in [1.54, 1.807) is 20.8 Å². The first-order valence-corrected chi connectivity index (χ1v) is 9.43. The van der Waals surface area contributed by atoms with Crippen LogP contribution in [0.4, 0.5) is 26.3 Å². The highest BCUT2D eigenvalue weighted by molar-refractivity contribution is 8.02. The van der Waals surface area contributed by atoms with Gasteiger partial charge in [-0.15, -0.1) is 0 Å². The summed E-state index contributed by atoms with van der Waals surface area (Å²) in [4.78, 5) is 32.7. The topological polar surface area (TPSA) is 72.9 Å². The van der Waals surface area contributed by atoms with Crippen molar-refractivity contribution in [2.75, 3.05) is 6.54 Å². The van der Waals surface area contributed by atoms with Gasteiger partial charge >= 0.3 is 29.2 Å². The maximum absolute atomic E-state index is 13.0. The van der Waals surface area contributed by atoms with Crippen molar-refractivity contribution in [3.05, 3.63) is 0 Å². The van der Waals surface area contributed by atoms with Gasteiger partial charge in [0.2, 0.25) is 5.91 Å². The Morgan fingerprint density at radius 1 is 1.17 bits per heavy atom. The van der Waals surface area contributed by atoms with Crippen molar-refractivity contribution < 1.29 is 50.2 Å². The van der Waals surface area contributed by atoms with Crippen LogP contribution in [0.25, 0.3) is 0 Å². The Bertz CT molecular complexity index is 673. The van der Waals surface area contributed by atoms with E-state index >= 15 is 0 Å². The van der Waals surface area contributed by atoms with Crippen molar-refractivity contribution in [3.63, 3.8) is 0 Å². The van der Waals surface area contributed by atoms with E-state index in [0.717, 1.165) is 4.90 Å². The fourth-order valence-corrected chi connectivity index (χ4v) is 4.14. The lowest BCUT2D eigenvalue weighted by Crippen LogP contribution is -2.54. The molecule has 2 aliphatic rings. The van der Waals surface area contributed by atoms with E-state index in [1.807, 2.05) is 0 Å². The second-order valence-corrected chi connectivity index (χ2v) is 9.00. The van der Waals surface area contributed by atoms with Crippen LogP contribution in [0.3, 0.4) is 0 Å². The Labute approximate surface area is 166 Å². The number of amides is 1. The molecule has 2 heterocycles. The molecule has 0 spiro atoms. The summed E-state index contributed by atoms with van der Waals surface area (Å²) in [6, 6.07) is -1.01. The van der Waals surface area contributed by atoms with E-state index in [1.165, 1.54) is 0 Å². The Kier molecular flexibility index (Phi) is 6.15. The maximum Gasteiger partial charge on any atom is 0.448 e. The summed E-state index contributed by atoms with van der Waals surface area (Å²) in [5.74, 6) is -3.44. The van der Waals surface area contributed by atoms with Crippen molar-refractivity contribution in [3.8, 4) is 0 Å². The molecule has 0 N–H and O–H groups in total. The van der Waals surface area contributed by atoms with Crippen LogP contribution in [0.5, 0.6) is 0 Å². The molecule has 0 radical (unpaired) electrons. The molecule has 29 heavy (non-hydrogen) atoms. The highest BCUT2D eigenvalue weighted by atomic mass is 32.2.